The van der Waals surface area contributed by atoms with Gasteiger partial charge in [-0.1, -0.05) is 17.7 Å². The van der Waals surface area contributed by atoms with Crippen molar-refractivity contribution >= 4 is 17.5 Å². The van der Waals surface area contributed by atoms with Crippen molar-refractivity contribution in [3.8, 4) is 5.75 Å². The third-order valence-electron chi connectivity index (χ3n) is 6.66. The van der Waals surface area contributed by atoms with E-state index in [1.807, 2.05) is 43.1 Å². The first-order valence-corrected chi connectivity index (χ1v) is 12.3. The van der Waals surface area contributed by atoms with Gasteiger partial charge in [0.25, 0.3) is 0 Å². The molecule has 1 atom stereocenters. The molecule has 2 saturated heterocycles. The van der Waals surface area contributed by atoms with Crippen LogP contribution >= 0.6 is 11.6 Å². The summed E-state index contributed by atoms with van der Waals surface area (Å²) in [4.78, 5) is 21.6. The highest BCUT2D eigenvalue weighted by Gasteiger charge is 2.41. The van der Waals surface area contributed by atoms with E-state index < -0.39 is 5.60 Å². The van der Waals surface area contributed by atoms with Crippen LogP contribution in [0.15, 0.2) is 36.7 Å². The molecule has 184 valence electrons. The van der Waals surface area contributed by atoms with Crippen molar-refractivity contribution in [2.45, 2.75) is 51.4 Å². The van der Waals surface area contributed by atoms with E-state index in [-0.39, 0.29) is 25.0 Å². The summed E-state index contributed by atoms with van der Waals surface area (Å²) in [5.41, 5.74) is 2.27. The number of morpholine rings is 1. The zero-order chi connectivity index (χ0) is 24.1. The number of halogens is 1. The minimum absolute atomic E-state index is 0.0437. The lowest BCUT2D eigenvalue weighted by molar-refractivity contribution is -0.158. The summed E-state index contributed by atoms with van der Waals surface area (Å²) >= 11 is 6.33. The number of amides is 1. The molecular formula is C26H34ClN3O4. The number of aliphatic hydroxyl groups excluding tert-OH is 1. The molecule has 0 aliphatic carbocycles. The Morgan fingerprint density at radius 1 is 1.26 bits per heavy atom. The standard InChI is InChI=1S/C26H34ClN3O4/c1-19-12-23(13-20(2)25(19)27)33-18-26(14-24(32)30-8-5-22(31)6-9-30)17-29(10-11-34-26)16-21-4-3-7-28-15-21/h3-4,7,12-13,15,22,31H,5-6,8-11,14,16-18H2,1-2H3/t26-/m0/s1. The summed E-state index contributed by atoms with van der Waals surface area (Å²) < 4.78 is 12.6. The highest BCUT2D eigenvalue weighted by molar-refractivity contribution is 6.32. The minimum atomic E-state index is -0.769. The zero-order valence-electron chi connectivity index (χ0n) is 20.0. The number of hydrogen-bond donors (Lipinski definition) is 1. The Hall–Kier alpha value is -2.19. The first-order chi connectivity index (χ1) is 16.3. The number of rotatable bonds is 7. The maximum Gasteiger partial charge on any atom is 0.225 e. The molecule has 8 heteroatoms. The highest BCUT2D eigenvalue weighted by atomic mass is 35.5. The van der Waals surface area contributed by atoms with E-state index >= 15 is 0 Å². The molecule has 2 aromatic rings. The molecule has 1 aromatic heterocycles. The first-order valence-electron chi connectivity index (χ1n) is 11.9. The van der Waals surface area contributed by atoms with Crippen molar-refractivity contribution in [3.05, 3.63) is 58.4 Å². The van der Waals surface area contributed by atoms with Gasteiger partial charge in [-0.15, -0.1) is 0 Å². The monoisotopic (exact) mass is 487 g/mol. The normalized spacial score (nSPS) is 22.1. The van der Waals surface area contributed by atoms with Crippen LogP contribution in [0.2, 0.25) is 5.02 Å². The van der Waals surface area contributed by atoms with Crippen LogP contribution in [0.3, 0.4) is 0 Å². The van der Waals surface area contributed by atoms with Gasteiger partial charge >= 0.3 is 0 Å². The molecule has 1 amide bonds. The van der Waals surface area contributed by atoms with E-state index in [1.54, 1.807) is 6.20 Å². The summed E-state index contributed by atoms with van der Waals surface area (Å²) in [6.07, 6.45) is 4.79. The number of pyridine rings is 1. The van der Waals surface area contributed by atoms with Gasteiger partial charge in [0.05, 0.1) is 19.1 Å². The van der Waals surface area contributed by atoms with Gasteiger partial charge < -0.3 is 19.5 Å². The summed E-state index contributed by atoms with van der Waals surface area (Å²) in [5.74, 6) is 0.766. The average Bonchev–Trinajstić information content (AvgIpc) is 2.82. The van der Waals surface area contributed by atoms with Gasteiger partial charge in [-0.3, -0.25) is 14.7 Å². The minimum Gasteiger partial charge on any atom is -0.490 e. The van der Waals surface area contributed by atoms with Crippen LogP contribution in [0.4, 0.5) is 0 Å². The molecule has 34 heavy (non-hydrogen) atoms. The average molecular weight is 488 g/mol. The third-order valence-corrected chi connectivity index (χ3v) is 7.26. The number of hydrogen-bond acceptors (Lipinski definition) is 6. The summed E-state index contributed by atoms with van der Waals surface area (Å²) in [6.45, 7) is 7.95. The van der Waals surface area contributed by atoms with E-state index in [4.69, 9.17) is 21.1 Å². The largest absolute Gasteiger partial charge is 0.490 e. The second-order valence-corrected chi connectivity index (χ2v) is 9.93. The van der Waals surface area contributed by atoms with E-state index in [9.17, 15) is 9.90 Å². The molecule has 2 fully saturated rings. The van der Waals surface area contributed by atoms with E-state index in [0.29, 0.717) is 39.1 Å². The second kappa shape index (κ2) is 11.0. The molecule has 0 saturated carbocycles. The van der Waals surface area contributed by atoms with Crippen LogP contribution in [0.1, 0.15) is 36.0 Å². The molecule has 1 N–H and O–H groups in total. The number of aromatic nitrogens is 1. The van der Waals surface area contributed by atoms with Gasteiger partial charge in [0, 0.05) is 50.1 Å². The van der Waals surface area contributed by atoms with Crippen LogP contribution in [-0.4, -0.2) is 76.9 Å². The molecule has 0 radical (unpaired) electrons. The lowest BCUT2D eigenvalue weighted by Crippen LogP contribution is -2.57. The van der Waals surface area contributed by atoms with Crippen molar-refractivity contribution in [3.63, 3.8) is 0 Å². The predicted octanol–water partition coefficient (Wildman–Crippen LogP) is 3.38. The molecule has 3 heterocycles. The number of nitrogens with zero attached hydrogens (tertiary/aromatic N) is 3. The number of aliphatic hydroxyl groups is 1. The van der Waals surface area contributed by atoms with Gasteiger partial charge in [0.1, 0.15) is 18.0 Å². The molecule has 0 bridgehead atoms. The van der Waals surface area contributed by atoms with Gasteiger partial charge in [0.15, 0.2) is 0 Å². The third kappa shape index (κ3) is 6.27. The van der Waals surface area contributed by atoms with Crippen molar-refractivity contribution in [2.75, 3.05) is 39.4 Å². The Kier molecular flexibility index (Phi) is 8.09. The number of carbonyl (C=O) groups excluding carboxylic acids is 1. The topological polar surface area (TPSA) is 75.1 Å². The fraction of sp³-hybridized carbons (Fsp3) is 0.538. The number of piperidine rings is 1. The molecule has 7 nitrogen and oxygen atoms in total. The van der Waals surface area contributed by atoms with Gasteiger partial charge in [0.2, 0.25) is 5.91 Å². The Balaban J connectivity index is 1.50. The molecular weight excluding hydrogens is 454 g/mol. The number of aryl methyl sites for hydroxylation is 2. The molecule has 0 unspecified atom stereocenters. The lowest BCUT2D eigenvalue weighted by Gasteiger charge is -2.43. The summed E-state index contributed by atoms with van der Waals surface area (Å²) in [6, 6.07) is 7.84. The fourth-order valence-electron chi connectivity index (χ4n) is 4.76. The van der Waals surface area contributed by atoms with Crippen molar-refractivity contribution in [1.82, 2.24) is 14.8 Å². The lowest BCUT2D eigenvalue weighted by atomic mass is 9.95. The number of likely N-dealkylation sites (tertiary alicyclic amines) is 1. The van der Waals surface area contributed by atoms with E-state index in [1.165, 1.54) is 0 Å². The van der Waals surface area contributed by atoms with Crippen LogP contribution in [0.25, 0.3) is 0 Å². The zero-order valence-corrected chi connectivity index (χ0v) is 20.8. The maximum atomic E-state index is 13.3. The summed E-state index contributed by atoms with van der Waals surface area (Å²) in [7, 11) is 0. The molecule has 1 aromatic carbocycles. The van der Waals surface area contributed by atoms with E-state index in [0.717, 1.165) is 40.6 Å². The van der Waals surface area contributed by atoms with Gasteiger partial charge in [-0.05, 0) is 61.6 Å². The maximum absolute atomic E-state index is 13.3. The van der Waals surface area contributed by atoms with Gasteiger partial charge in [-0.2, -0.15) is 0 Å². The van der Waals surface area contributed by atoms with Crippen LogP contribution in [-0.2, 0) is 16.1 Å². The van der Waals surface area contributed by atoms with Crippen molar-refractivity contribution < 1.29 is 19.4 Å². The molecule has 2 aliphatic rings. The Labute approximate surface area is 206 Å². The van der Waals surface area contributed by atoms with Gasteiger partial charge in [-0.25, -0.2) is 0 Å². The van der Waals surface area contributed by atoms with Crippen LogP contribution in [0, 0.1) is 13.8 Å². The summed E-state index contributed by atoms with van der Waals surface area (Å²) in [5, 5.41) is 10.6. The molecule has 2 aliphatic heterocycles. The number of carbonyl (C=O) groups is 1. The second-order valence-electron chi connectivity index (χ2n) is 9.55. The Morgan fingerprint density at radius 2 is 2.00 bits per heavy atom. The van der Waals surface area contributed by atoms with Crippen molar-refractivity contribution in [2.24, 2.45) is 0 Å². The van der Waals surface area contributed by atoms with Crippen LogP contribution in [0.5, 0.6) is 5.75 Å². The van der Waals surface area contributed by atoms with E-state index in [2.05, 4.69) is 16.0 Å². The first kappa shape index (κ1) is 24.9. The quantitative estimate of drug-likeness (QED) is 0.645. The SMILES string of the molecule is Cc1cc(OC[C@]2(CC(=O)N3CCC(O)CC3)CN(Cc3cccnc3)CCO2)cc(C)c1Cl. The molecule has 0 spiro atoms. The predicted molar refractivity (Wildman–Crippen MR) is 131 cm³/mol. The van der Waals surface area contributed by atoms with Crippen molar-refractivity contribution in [1.29, 1.82) is 0 Å². The number of benzene rings is 1. The van der Waals surface area contributed by atoms with Crippen LogP contribution < -0.4 is 4.74 Å². The fourth-order valence-corrected chi connectivity index (χ4v) is 4.87. The number of ether oxygens (including phenoxy) is 2. The Bertz CT molecular complexity index is 958. The molecule has 4 rings (SSSR count). The highest BCUT2D eigenvalue weighted by Crippen LogP contribution is 2.30. The Morgan fingerprint density at radius 3 is 2.68 bits per heavy atom. The smallest absolute Gasteiger partial charge is 0.225 e.